The first-order chi connectivity index (χ1) is 7.58. The third-order valence-corrected chi connectivity index (χ3v) is 2.63. The SMILES string of the molecule is Fc1[c]c(F)c(-c2ccc(Cl)cc2Cl)cc1. The fourth-order valence-electron chi connectivity index (χ4n) is 1.36. The van der Waals surface area contributed by atoms with Gasteiger partial charge in [-0.2, -0.15) is 0 Å². The van der Waals surface area contributed by atoms with E-state index in [-0.39, 0.29) is 5.56 Å². The lowest BCUT2D eigenvalue weighted by Crippen LogP contribution is -1.87. The molecule has 0 saturated heterocycles. The lowest BCUT2D eigenvalue weighted by molar-refractivity contribution is 0.581. The van der Waals surface area contributed by atoms with Crippen LogP contribution in [0.5, 0.6) is 0 Å². The smallest absolute Gasteiger partial charge is 0.142 e. The molecule has 2 aromatic rings. The average molecular weight is 258 g/mol. The van der Waals surface area contributed by atoms with Crippen LogP contribution in [0.1, 0.15) is 0 Å². The van der Waals surface area contributed by atoms with E-state index >= 15 is 0 Å². The van der Waals surface area contributed by atoms with Crippen molar-refractivity contribution < 1.29 is 8.78 Å². The Morgan fingerprint density at radius 2 is 1.62 bits per heavy atom. The van der Waals surface area contributed by atoms with Crippen molar-refractivity contribution in [2.24, 2.45) is 0 Å². The number of hydrogen-bond acceptors (Lipinski definition) is 0. The first-order valence-electron chi connectivity index (χ1n) is 4.40. The maximum Gasteiger partial charge on any atom is 0.142 e. The van der Waals surface area contributed by atoms with Gasteiger partial charge in [-0.1, -0.05) is 29.3 Å². The normalized spacial score (nSPS) is 10.5. The predicted octanol–water partition coefficient (Wildman–Crippen LogP) is 4.74. The third-order valence-electron chi connectivity index (χ3n) is 2.08. The molecule has 0 aromatic heterocycles. The van der Waals surface area contributed by atoms with Crippen LogP contribution in [0.4, 0.5) is 8.78 Å². The van der Waals surface area contributed by atoms with Crippen LogP contribution in [0.3, 0.4) is 0 Å². The highest BCUT2D eigenvalue weighted by Gasteiger charge is 2.10. The van der Waals surface area contributed by atoms with Crippen molar-refractivity contribution in [3.63, 3.8) is 0 Å². The molecule has 2 rings (SSSR count). The molecule has 0 bridgehead atoms. The molecule has 0 saturated carbocycles. The van der Waals surface area contributed by atoms with Gasteiger partial charge >= 0.3 is 0 Å². The zero-order chi connectivity index (χ0) is 11.7. The summed E-state index contributed by atoms with van der Waals surface area (Å²) in [5, 5.41) is 0.770. The van der Waals surface area contributed by atoms with Crippen molar-refractivity contribution in [1.82, 2.24) is 0 Å². The molecule has 81 valence electrons. The van der Waals surface area contributed by atoms with Crippen LogP contribution in [0.2, 0.25) is 10.0 Å². The van der Waals surface area contributed by atoms with Gasteiger partial charge in [0.15, 0.2) is 0 Å². The molecule has 0 aliphatic heterocycles. The molecule has 0 heterocycles. The predicted molar refractivity (Wildman–Crippen MR) is 60.7 cm³/mol. The molecule has 0 spiro atoms. The van der Waals surface area contributed by atoms with Crippen molar-refractivity contribution in [3.05, 3.63) is 58.1 Å². The Morgan fingerprint density at radius 3 is 2.25 bits per heavy atom. The summed E-state index contributed by atoms with van der Waals surface area (Å²) >= 11 is 11.6. The molecule has 0 aliphatic carbocycles. The quantitative estimate of drug-likeness (QED) is 0.693. The van der Waals surface area contributed by atoms with Crippen LogP contribution in [0, 0.1) is 17.7 Å². The van der Waals surface area contributed by atoms with Crippen molar-refractivity contribution in [2.75, 3.05) is 0 Å². The first kappa shape index (κ1) is 11.4. The summed E-state index contributed by atoms with van der Waals surface area (Å²) < 4.78 is 26.1. The van der Waals surface area contributed by atoms with Gasteiger partial charge in [0.25, 0.3) is 0 Å². The van der Waals surface area contributed by atoms with Gasteiger partial charge in [0.1, 0.15) is 11.6 Å². The van der Waals surface area contributed by atoms with Crippen LogP contribution >= 0.6 is 23.2 Å². The molecule has 0 unspecified atom stereocenters. The molecule has 0 fully saturated rings. The fourth-order valence-corrected chi connectivity index (χ4v) is 1.87. The topological polar surface area (TPSA) is 0 Å². The van der Waals surface area contributed by atoms with E-state index in [0.29, 0.717) is 15.6 Å². The lowest BCUT2D eigenvalue weighted by Gasteiger charge is -2.06. The summed E-state index contributed by atoms with van der Waals surface area (Å²) in [6, 6.07) is 9.07. The monoisotopic (exact) mass is 257 g/mol. The Labute approximate surface area is 101 Å². The second-order valence-corrected chi connectivity index (χ2v) is 4.00. The summed E-state index contributed by atoms with van der Waals surface area (Å²) in [7, 11) is 0. The first-order valence-corrected chi connectivity index (χ1v) is 5.16. The standard InChI is InChI=1S/C12H5Cl2F2/c13-7-1-3-9(11(14)5-7)10-4-2-8(15)6-12(10)16/h1-5H. The summed E-state index contributed by atoms with van der Waals surface area (Å²) in [5.41, 5.74) is 0.655. The van der Waals surface area contributed by atoms with Gasteiger partial charge in [-0.25, -0.2) is 8.78 Å². The maximum absolute atomic E-state index is 13.4. The Balaban J connectivity index is 2.59. The molecule has 4 heteroatoms. The lowest BCUT2D eigenvalue weighted by atomic mass is 10.1. The molecule has 0 N–H and O–H groups in total. The molecule has 16 heavy (non-hydrogen) atoms. The van der Waals surface area contributed by atoms with Crippen LogP contribution in [-0.2, 0) is 0 Å². The Bertz CT molecular complexity index is 489. The second kappa shape index (κ2) is 4.40. The Morgan fingerprint density at radius 1 is 0.938 bits per heavy atom. The molecule has 2 aromatic carbocycles. The summed E-state index contributed by atoms with van der Waals surface area (Å²) in [4.78, 5) is 0. The number of rotatable bonds is 1. The summed E-state index contributed by atoms with van der Waals surface area (Å²) in [6.07, 6.45) is 0. The Hall–Kier alpha value is -1.12. The molecule has 0 atom stereocenters. The van der Waals surface area contributed by atoms with Crippen molar-refractivity contribution in [1.29, 1.82) is 0 Å². The zero-order valence-corrected chi connectivity index (χ0v) is 9.41. The fraction of sp³-hybridized carbons (Fsp3) is 0. The summed E-state index contributed by atoms with van der Waals surface area (Å²) in [6.45, 7) is 0. The molecular weight excluding hydrogens is 253 g/mol. The van der Waals surface area contributed by atoms with Crippen molar-refractivity contribution in [2.45, 2.75) is 0 Å². The van der Waals surface area contributed by atoms with Gasteiger partial charge in [-0.05, 0) is 24.3 Å². The highest BCUT2D eigenvalue weighted by Crippen LogP contribution is 2.31. The van der Waals surface area contributed by atoms with Gasteiger partial charge in [-0.3, -0.25) is 0 Å². The summed E-state index contributed by atoms with van der Waals surface area (Å²) in [5.74, 6) is -1.52. The van der Waals surface area contributed by atoms with Gasteiger partial charge in [0.2, 0.25) is 0 Å². The van der Waals surface area contributed by atoms with E-state index in [1.807, 2.05) is 6.07 Å². The van der Waals surface area contributed by atoms with E-state index in [2.05, 4.69) is 0 Å². The van der Waals surface area contributed by atoms with E-state index in [1.165, 1.54) is 12.1 Å². The largest absolute Gasteiger partial charge is 0.206 e. The zero-order valence-electron chi connectivity index (χ0n) is 7.90. The van der Waals surface area contributed by atoms with Gasteiger partial charge in [0, 0.05) is 21.2 Å². The third kappa shape index (κ3) is 2.18. The molecule has 0 amide bonds. The highest BCUT2D eigenvalue weighted by molar-refractivity contribution is 6.36. The molecule has 1 radical (unpaired) electrons. The number of hydrogen-bond donors (Lipinski definition) is 0. The molecule has 0 nitrogen and oxygen atoms in total. The number of benzene rings is 2. The minimum Gasteiger partial charge on any atom is -0.206 e. The van der Waals surface area contributed by atoms with E-state index < -0.39 is 11.6 Å². The minimum atomic E-state index is -0.774. The minimum absolute atomic E-state index is 0.197. The van der Waals surface area contributed by atoms with Crippen LogP contribution in [-0.4, -0.2) is 0 Å². The van der Waals surface area contributed by atoms with E-state index in [9.17, 15) is 8.78 Å². The van der Waals surface area contributed by atoms with E-state index in [1.54, 1.807) is 12.1 Å². The van der Waals surface area contributed by atoms with Gasteiger partial charge < -0.3 is 0 Å². The maximum atomic E-state index is 13.4. The average Bonchev–Trinajstić information content (AvgIpc) is 2.19. The molecule has 0 aliphatic rings. The van der Waals surface area contributed by atoms with Gasteiger partial charge in [0.05, 0.1) is 6.07 Å². The Kier molecular flexibility index (Phi) is 3.13. The highest BCUT2D eigenvalue weighted by atomic mass is 35.5. The molecular formula is C12H5Cl2F2. The van der Waals surface area contributed by atoms with Crippen LogP contribution in [0.15, 0.2) is 30.3 Å². The van der Waals surface area contributed by atoms with Gasteiger partial charge in [-0.15, -0.1) is 0 Å². The van der Waals surface area contributed by atoms with E-state index in [0.717, 1.165) is 6.07 Å². The van der Waals surface area contributed by atoms with Crippen molar-refractivity contribution in [3.8, 4) is 11.1 Å². The number of halogens is 4. The van der Waals surface area contributed by atoms with Crippen LogP contribution in [0.25, 0.3) is 11.1 Å². The second-order valence-electron chi connectivity index (χ2n) is 3.16. The van der Waals surface area contributed by atoms with E-state index in [4.69, 9.17) is 23.2 Å². The van der Waals surface area contributed by atoms with Crippen LogP contribution < -0.4 is 0 Å². The van der Waals surface area contributed by atoms with Crippen molar-refractivity contribution >= 4 is 23.2 Å².